The van der Waals surface area contributed by atoms with Crippen LogP contribution in [0, 0.1) is 17.2 Å². The lowest BCUT2D eigenvalue weighted by Crippen LogP contribution is -2.17. The van der Waals surface area contributed by atoms with Crippen LogP contribution < -0.4 is 0 Å². The molecule has 4 heteroatoms. The number of hydrogen-bond donors (Lipinski definition) is 0. The zero-order valence-electron chi connectivity index (χ0n) is 10.7. The van der Waals surface area contributed by atoms with Crippen molar-refractivity contribution in [3.05, 3.63) is 29.3 Å². The van der Waals surface area contributed by atoms with Crippen LogP contribution in [0.4, 0.5) is 0 Å². The van der Waals surface area contributed by atoms with Crippen LogP contribution in [-0.4, -0.2) is 14.2 Å². The summed E-state index contributed by atoms with van der Waals surface area (Å²) in [6.07, 6.45) is 1.47. The largest absolute Gasteiger partial charge is 0.224 e. The maximum Gasteiger partial charge on any atom is 0.178 e. The summed E-state index contributed by atoms with van der Waals surface area (Å²) >= 11 is 0. The molecule has 0 spiro atoms. The molecule has 1 unspecified atom stereocenters. The van der Waals surface area contributed by atoms with E-state index in [1.807, 2.05) is 19.9 Å². The summed E-state index contributed by atoms with van der Waals surface area (Å²) in [6, 6.07) is 7.66. The van der Waals surface area contributed by atoms with Gasteiger partial charge in [0, 0.05) is 0 Å². The maximum absolute atomic E-state index is 11.9. The van der Waals surface area contributed by atoms with Crippen LogP contribution in [0.2, 0.25) is 0 Å². The topological polar surface area (TPSA) is 57.9 Å². The van der Waals surface area contributed by atoms with Gasteiger partial charge in [-0.15, -0.1) is 0 Å². The molecule has 1 aliphatic rings. The zero-order valence-corrected chi connectivity index (χ0v) is 11.5. The van der Waals surface area contributed by atoms with Crippen LogP contribution in [0.5, 0.6) is 0 Å². The first kappa shape index (κ1) is 13.1. The van der Waals surface area contributed by atoms with Gasteiger partial charge in [0.15, 0.2) is 9.84 Å². The SMILES string of the molecule is CC(C)C(C#N)c1ccc2c(c1)CCCS2(=O)=O. The highest BCUT2D eigenvalue weighted by atomic mass is 32.2. The van der Waals surface area contributed by atoms with E-state index in [-0.39, 0.29) is 17.6 Å². The minimum Gasteiger partial charge on any atom is -0.224 e. The third kappa shape index (κ3) is 2.28. The Morgan fingerprint density at radius 1 is 1.33 bits per heavy atom. The number of fused-ring (bicyclic) bond motifs is 1. The summed E-state index contributed by atoms with van der Waals surface area (Å²) in [5.74, 6) is 0.304. The lowest BCUT2D eigenvalue weighted by molar-refractivity contribution is 0.580. The van der Waals surface area contributed by atoms with Gasteiger partial charge in [-0.3, -0.25) is 0 Å². The second kappa shape index (κ2) is 4.74. The van der Waals surface area contributed by atoms with E-state index in [4.69, 9.17) is 0 Å². The fourth-order valence-corrected chi connectivity index (χ4v) is 4.04. The number of benzene rings is 1. The van der Waals surface area contributed by atoms with E-state index in [0.717, 1.165) is 17.5 Å². The van der Waals surface area contributed by atoms with E-state index in [0.29, 0.717) is 11.3 Å². The van der Waals surface area contributed by atoms with E-state index < -0.39 is 9.84 Å². The van der Waals surface area contributed by atoms with E-state index in [1.165, 1.54) is 0 Å². The van der Waals surface area contributed by atoms with Crippen molar-refractivity contribution in [2.24, 2.45) is 5.92 Å². The van der Waals surface area contributed by atoms with Crippen LogP contribution in [0.25, 0.3) is 0 Å². The summed E-state index contributed by atoms with van der Waals surface area (Å²) in [4.78, 5) is 0.456. The van der Waals surface area contributed by atoms with Gasteiger partial charge in [-0.05, 0) is 36.0 Å². The first-order valence-electron chi connectivity index (χ1n) is 6.21. The van der Waals surface area contributed by atoms with Gasteiger partial charge in [0.1, 0.15) is 0 Å². The number of aryl methyl sites for hydroxylation is 1. The average Bonchev–Trinajstić information content (AvgIpc) is 2.28. The third-order valence-corrected chi connectivity index (χ3v) is 5.34. The van der Waals surface area contributed by atoms with Gasteiger partial charge in [0.2, 0.25) is 0 Å². The first-order chi connectivity index (χ1) is 8.45. The van der Waals surface area contributed by atoms with Gasteiger partial charge in [0.05, 0.1) is 22.6 Å². The number of sulfone groups is 1. The van der Waals surface area contributed by atoms with Crippen molar-refractivity contribution in [2.75, 3.05) is 5.75 Å². The van der Waals surface area contributed by atoms with Gasteiger partial charge < -0.3 is 0 Å². The predicted octanol–water partition coefficient (Wildman–Crippen LogP) is 2.67. The van der Waals surface area contributed by atoms with Crippen molar-refractivity contribution in [3.63, 3.8) is 0 Å². The minimum absolute atomic E-state index is 0.167. The maximum atomic E-state index is 11.9. The molecule has 0 bridgehead atoms. The molecular formula is C14H17NO2S. The highest BCUT2D eigenvalue weighted by molar-refractivity contribution is 7.91. The second-order valence-corrected chi connectivity index (χ2v) is 7.22. The Kier molecular flexibility index (Phi) is 3.45. The van der Waals surface area contributed by atoms with Gasteiger partial charge in [-0.25, -0.2) is 8.42 Å². The molecule has 18 heavy (non-hydrogen) atoms. The molecular weight excluding hydrogens is 246 g/mol. The third-order valence-electron chi connectivity index (χ3n) is 3.44. The fourth-order valence-electron chi connectivity index (χ4n) is 2.46. The predicted molar refractivity (Wildman–Crippen MR) is 70.0 cm³/mol. The molecule has 0 N–H and O–H groups in total. The monoisotopic (exact) mass is 263 g/mol. The van der Waals surface area contributed by atoms with Crippen LogP contribution >= 0.6 is 0 Å². The molecule has 2 rings (SSSR count). The molecule has 0 amide bonds. The lowest BCUT2D eigenvalue weighted by Gasteiger charge is -2.19. The molecule has 1 heterocycles. The van der Waals surface area contributed by atoms with Crippen molar-refractivity contribution in [3.8, 4) is 6.07 Å². The molecule has 1 atom stereocenters. The number of rotatable bonds is 2. The molecule has 1 aromatic carbocycles. The van der Waals surface area contributed by atoms with Gasteiger partial charge >= 0.3 is 0 Å². The van der Waals surface area contributed by atoms with Crippen molar-refractivity contribution < 1.29 is 8.42 Å². The Morgan fingerprint density at radius 3 is 2.67 bits per heavy atom. The van der Waals surface area contributed by atoms with Crippen molar-refractivity contribution >= 4 is 9.84 Å². The molecule has 0 radical (unpaired) electrons. The van der Waals surface area contributed by atoms with Gasteiger partial charge in [-0.1, -0.05) is 26.0 Å². The van der Waals surface area contributed by atoms with Gasteiger partial charge in [0.25, 0.3) is 0 Å². The van der Waals surface area contributed by atoms with E-state index in [1.54, 1.807) is 12.1 Å². The summed E-state index contributed by atoms with van der Waals surface area (Å²) in [5.41, 5.74) is 1.81. The number of nitrogens with zero attached hydrogens (tertiary/aromatic N) is 1. The van der Waals surface area contributed by atoms with Gasteiger partial charge in [-0.2, -0.15) is 5.26 Å². The zero-order chi connectivity index (χ0) is 13.3. The number of hydrogen-bond acceptors (Lipinski definition) is 3. The van der Waals surface area contributed by atoms with Crippen LogP contribution in [0.15, 0.2) is 23.1 Å². The molecule has 96 valence electrons. The highest BCUT2D eigenvalue weighted by Crippen LogP contribution is 2.30. The molecule has 0 saturated heterocycles. The molecule has 0 aromatic heterocycles. The average molecular weight is 263 g/mol. The van der Waals surface area contributed by atoms with Crippen LogP contribution in [0.3, 0.4) is 0 Å². The summed E-state index contributed by atoms with van der Waals surface area (Å²) in [7, 11) is -3.09. The standard InChI is InChI=1S/C14H17NO2S/c1-10(2)13(9-15)11-5-6-14-12(8-11)4-3-7-18(14,16)17/h5-6,8,10,13H,3-4,7H2,1-2H3. The Labute approximate surface area is 108 Å². The lowest BCUT2D eigenvalue weighted by atomic mass is 9.88. The summed E-state index contributed by atoms with van der Waals surface area (Å²) in [5, 5.41) is 9.19. The van der Waals surface area contributed by atoms with E-state index in [2.05, 4.69) is 6.07 Å². The number of nitriles is 1. The molecule has 0 aliphatic carbocycles. The summed E-state index contributed by atoms with van der Waals surface area (Å²) in [6.45, 7) is 4.01. The highest BCUT2D eigenvalue weighted by Gasteiger charge is 2.25. The normalized spacial score (nSPS) is 19.0. The molecule has 0 saturated carbocycles. The van der Waals surface area contributed by atoms with E-state index in [9.17, 15) is 13.7 Å². The molecule has 0 fully saturated rings. The van der Waals surface area contributed by atoms with Crippen LogP contribution in [0.1, 0.15) is 37.3 Å². The van der Waals surface area contributed by atoms with Crippen molar-refractivity contribution in [2.45, 2.75) is 37.5 Å². The Balaban J connectivity index is 2.49. The van der Waals surface area contributed by atoms with Crippen LogP contribution in [-0.2, 0) is 16.3 Å². The minimum atomic E-state index is -3.09. The van der Waals surface area contributed by atoms with Crippen molar-refractivity contribution in [1.82, 2.24) is 0 Å². The fraction of sp³-hybridized carbons (Fsp3) is 0.500. The Bertz CT molecular complexity index is 597. The van der Waals surface area contributed by atoms with Crippen molar-refractivity contribution in [1.29, 1.82) is 5.26 Å². The molecule has 1 aromatic rings. The Morgan fingerprint density at radius 2 is 2.06 bits per heavy atom. The first-order valence-corrected chi connectivity index (χ1v) is 7.86. The smallest absolute Gasteiger partial charge is 0.178 e. The quantitative estimate of drug-likeness (QED) is 0.824. The summed E-state index contributed by atoms with van der Waals surface area (Å²) < 4.78 is 23.8. The Hall–Kier alpha value is -1.34. The molecule has 1 aliphatic heterocycles. The second-order valence-electron chi connectivity index (χ2n) is 5.14. The molecule has 3 nitrogen and oxygen atoms in total. The van der Waals surface area contributed by atoms with E-state index >= 15 is 0 Å².